The van der Waals surface area contributed by atoms with Crippen LogP contribution in [0.1, 0.15) is 10.5 Å². The first kappa shape index (κ1) is 13.2. The Kier molecular flexibility index (Phi) is 4.65. The summed E-state index contributed by atoms with van der Waals surface area (Å²) in [6.07, 6.45) is 0.760. The number of aromatic carboxylic acids is 1. The van der Waals surface area contributed by atoms with Crippen molar-refractivity contribution in [1.29, 1.82) is 0 Å². The molecule has 0 unspecified atom stereocenters. The lowest BCUT2D eigenvalue weighted by Gasteiger charge is -2.07. The number of amides is 1. The van der Waals surface area contributed by atoms with Gasteiger partial charge in [-0.25, -0.2) is 14.6 Å². The molecule has 0 bridgehead atoms. The van der Waals surface area contributed by atoms with Gasteiger partial charge in [0.1, 0.15) is 16.9 Å². The van der Waals surface area contributed by atoms with E-state index in [1.807, 2.05) is 0 Å². The third-order valence-corrected chi connectivity index (χ3v) is 2.24. The second-order valence-electron chi connectivity index (χ2n) is 2.85. The fraction of sp³-hybridized carbons (Fsp3) is 0.100. The van der Waals surface area contributed by atoms with Gasteiger partial charge in [-0.2, -0.15) is 0 Å². The summed E-state index contributed by atoms with van der Waals surface area (Å²) in [6, 6.07) is 2.69. The molecule has 0 aliphatic heterocycles. The number of rotatable bonds is 4. The summed E-state index contributed by atoms with van der Waals surface area (Å²) in [4.78, 5) is 25.6. The van der Waals surface area contributed by atoms with E-state index in [2.05, 4.69) is 32.8 Å². The van der Waals surface area contributed by atoms with Gasteiger partial charge in [-0.15, -0.1) is 0 Å². The first-order valence-electron chi connectivity index (χ1n) is 4.49. The summed E-state index contributed by atoms with van der Waals surface area (Å²) in [7, 11) is 0. The third-order valence-electron chi connectivity index (χ3n) is 1.64. The number of pyridine rings is 1. The Bertz CT molecular complexity index is 462. The van der Waals surface area contributed by atoms with Gasteiger partial charge in [-0.05, 0) is 28.1 Å². The van der Waals surface area contributed by atoms with Crippen LogP contribution >= 0.6 is 15.9 Å². The summed E-state index contributed by atoms with van der Waals surface area (Å²) >= 11 is 3.05. The summed E-state index contributed by atoms with van der Waals surface area (Å²) in [5, 5.41) is 11.1. The number of carbonyl (C=O) groups excluding carboxylic acids is 1. The molecule has 0 saturated heterocycles. The first-order chi connectivity index (χ1) is 8.04. The van der Waals surface area contributed by atoms with E-state index in [4.69, 9.17) is 9.84 Å². The van der Waals surface area contributed by atoms with Gasteiger partial charge in [-0.3, -0.25) is 5.32 Å². The lowest BCUT2D eigenvalue weighted by atomic mass is 10.3. The number of hydrogen-bond donors (Lipinski definition) is 2. The molecule has 1 aromatic rings. The Morgan fingerprint density at radius 2 is 2.29 bits per heavy atom. The van der Waals surface area contributed by atoms with Gasteiger partial charge in [0.25, 0.3) is 0 Å². The molecule has 1 amide bonds. The lowest BCUT2D eigenvalue weighted by Crippen LogP contribution is -2.14. The van der Waals surface area contributed by atoms with Gasteiger partial charge in [-0.1, -0.05) is 12.7 Å². The van der Waals surface area contributed by atoms with Crippen molar-refractivity contribution in [2.24, 2.45) is 0 Å². The summed E-state index contributed by atoms with van der Waals surface area (Å²) in [5.74, 6) is -1.15. The normalized spacial score (nSPS) is 9.47. The molecule has 17 heavy (non-hydrogen) atoms. The number of carbonyl (C=O) groups is 2. The zero-order valence-corrected chi connectivity index (χ0v) is 10.2. The van der Waals surface area contributed by atoms with Crippen molar-refractivity contribution in [3.63, 3.8) is 0 Å². The van der Waals surface area contributed by atoms with Crippen molar-refractivity contribution in [2.75, 3.05) is 11.9 Å². The highest BCUT2D eigenvalue weighted by atomic mass is 79.9. The van der Waals surface area contributed by atoms with E-state index in [9.17, 15) is 9.59 Å². The molecule has 0 saturated carbocycles. The van der Waals surface area contributed by atoms with Crippen LogP contribution in [0.25, 0.3) is 0 Å². The van der Waals surface area contributed by atoms with E-state index >= 15 is 0 Å². The standard InChI is InChI=1S/C10H9BrN2O4/c1-2-5-17-10(16)13-6-3-4-7(9(14)15)12-8(6)11/h2-4H,1,5H2,(H,13,16)(H,14,15). The Hall–Kier alpha value is -1.89. The second-order valence-corrected chi connectivity index (χ2v) is 3.60. The van der Waals surface area contributed by atoms with E-state index in [1.165, 1.54) is 18.2 Å². The molecule has 6 nitrogen and oxygen atoms in total. The molecule has 0 radical (unpaired) electrons. The first-order valence-corrected chi connectivity index (χ1v) is 5.28. The molecule has 0 aromatic carbocycles. The quantitative estimate of drug-likeness (QED) is 0.658. The fourth-order valence-electron chi connectivity index (χ4n) is 0.927. The smallest absolute Gasteiger partial charge is 0.412 e. The summed E-state index contributed by atoms with van der Waals surface area (Å²) < 4.78 is 4.91. The number of hydrogen-bond acceptors (Lipinski definition) is 4. The molecule has 0 spiro atoms. The molecule has 0 aliphatic rings. The van der Waals surface area contributed by atoms with Gasteiger partial charge >= 0.3 is 12.1 Å². The Labute approximate surface area is 105 Å². The van der Waals surface area contributed by atoms with E-state index in [0.717, 1.165) is 0 Å². The van der Waals surface area contributed by atoms with Crippen molar-refractivity contribution in [2.45, 2.75) is 0 Å². The molecule has 2 N–H and O–H groups in total. The van der Waals surface area contributed by atoms with E-state index in [-0.39, 0.29) is 16.9 Å². The Balaban J connectivity index is 2.75. The lowest BCUT2D eigenvalue weighted by molar-refractivity contribution is 0.0690. The SMILES string of the molecule is C=CCOC(=O)Nc1ccc(C(=O)O)nc1Br. The summed E-state index contributed by atoms with van der Waals surface area (Å²) in [6.45, 7) is 3.48. The maximum Gasteiger partial charge on any atom is 0.412 e. The minimum absolute atomic E-state index is 0.0874. The number of anilines is 1. The van der Waals surface area contributed by atoms with Crippen molar-refractivity contribution < 1.29 is 19.4 Å². The molecule has 1 aromatic heterocycles. The largest absolute Gasteiger partial charge is 0.477 e. The van der Waals surface area contributed by atoms with Crippen LogP contribution in [0.3, 0.4) is 0 Å². The topological polar surface area (TPSA) is 88.5 Å². The van der Waals surface area contributed by atoms with Gasteiger partial charge in [0.05, 0.1) is 5.69 Å². The van der Waals surface area contributed by atoms with Crippen LogP contribution in [0.2, 0.25) is 0 Å². The number of halogens is 1. The van der Waals surface area contributed by atoms with Gasteiger partial charge in [0.2, 0.25) is 0 Å². The van der Waals surface area contributed by atoms with E-state index in [0.29, 0.717) is 5.69 Å². The van der Waals surface area contributed by atoms with Gasteiger partial charge in [0, 0.05) is 0 Å². The molecular weight excluding hydrogens is 292 g/mol. The number of ether oxygens (including phenoxy) is 1. The van der Waals surface area contributed by atoms with Crippen molar-refractivity contribution >= 4 is 33.7 Å². The number of aromatic nitrogens is 1. The Morgan fingerprint density at radius 3 is 2.82 bits per heavy atom. The van der Waals surface area contributed by atoms with Crippen LogP contribution in [-0.4, -0.2) is 28.8 Å². The minimum atomic E-state index is -1.15. The zero-order valence-electron chi connectivity index (χ0n) is 8.64. The molecule has 0 atom stereocenters. The maximum atomic E-state index is 11.2. The molecule has 1 rings (SSSR count). The molecule has 0 fully saturated rings. The van der Waals surface area contributed by atoms with Crippen LogP contribution in [-0.2, 0) is 4.74 Å². The van der Waals surface area contributed by atoms with Crippen molar-refractivity contribution in [3.05, 3.63) is 35.1 Å². The Morgan fingerprint density at radius 1 is 1.59 bits per heavy atom. The molecule has 90 valence electrons. The number of nitrogens with one attached hydrogen (secondary N) is 1. The predicted molar refractivity (Wildman–Crippen MR) is 64.1 cm³/mol. The molecule has 0 aliphatic carbocycles. The number of carboxylic acids is 1. The van der Waals surface area contributed by atoms with Crippen LogP contribution in [0.5, 0.6) is 0 Å². The number of nitrogens with zero attached hydrogens (tertiary/aromatic N) is 1. The second kappa shape index (κ2) is 6.00. The highest BCUT2D eigenvalue weighted by molar-refractivity contribution is 9.10. The average Bonchev–Trinajstić information content (AvgIpc) is 2.28. The highest BCUT2D eigenvalue weighted by Crippen LogP contribution is 2.20. The number of carboxylic acid groups (broad SMARTS) is 1. The van der Waals surface area contributed by atoms with Gasteiger partial charge < -0.3 is 9.84 Å². The van der Waals surface area contributed by atoms with Crippen LogP contribution in [0.4, 0.5) is 10.5 Å². The summed E-state index contributed by atoms with van der Waals surface area (Å²) in [5.41, 5.74) is 0.200. The monoisotopic (exact) mass is 300 g/mol. The minimum Gasteiger partial charge on any atom is -0.477 e. The van der Waals surface area contributed by atoms with Gasteiger partial charge in [0.15, 0.2) is 0 Å². The van der Waals surface area contributed by atoms with Crippen molar-refractivity contribution in [1.82, 2.24) is 4.98 Å². The van der Waals surface area contributed by atoms with Crippen molar-refractivity contribution in [3.8, 4) is 0 Å². The zero-order chi connectivity index (χ0) is 12.8. The molecule has 1 heterocycles. The molecule has 7 heteroatoms. The predicted octanol–water partition coefficient (Wildman–Crippen LogP) is 2.28. The van der Waals surface area contributed by atoms with Crippen LogP contribution in [0.15, 0.2) is 29.4 Å². The third kappa shape index (κ3) is 3.87. The van der Waals surface area contributed by atoms with Crippen LogP contribution in [0, 0.1) is 0 Å². The maximum absolute atomic E-state index is 11.2. The average molecular weight is 301 g/mol. The van der Waals surface area contributed by atoms with E-state index in [1.54, 1.807) is 0 Å². The highest BCUT2D eigenvalue weighted by Gasteiger charge is 2.10. The van der Waals surface area contributed by atoms with Crippen LogP contribution < -0.4 is 5.32 Å². The molecular formula is C10H9BrN2O4. The van der Waals surface area contributed by atoms with E-state index < -0.39 is 12.1 Å². The fourth-order valence-corrected chi connectivity index (χ4v) is 1.35.